The lowest BCUT2D eigenvalue weighted by Gasteiger charge is -2.28. The summed E-state index contributed by atoms with van der Waals surface area (Å²) in [5.41, 5.74) is 1.38. The number of ether oxygens (including phenoxy) is 2. The van der Waals surface area contributed by atoms with Gasteiger partial charge in [-0.15, -0.1) is 0 Å². The summed E-state index contributed by atoms with van der Waals surface area (Å²) in [4.78, 5) is 37.2. The normalized spacial score (nSPS) is 17.1. The molecule has 7 nitrogen and oxygen atoms in total. The summed E-state index contributed by atoms with van der Waals surface area (Å²) < 4.78 is 11.3. The van der Waals surface area contributed by atoms with Crippen molar-refractivity contribution in [2.45, 2.75) is 6.42 Å². The van der Waals surface area contributed by atoms with E-state index in [1.54, 1.807) is 42.5 Å². The molecule has 2 amide bonds. The van der Waals surface area contributed by atoms with Crippen LogP contribution in [0.5, 0.6) is 11.5 Å². The standard InChI is InChI=1S/C21H16ClNO6/c22-16-9-12(10-17-19(16)29-7-3-6-28-17)8-15-13-4-1-2-5-14(13)20(26)23(21(15)27)11-18(24)25/h1-2,4-5,8-10H,3,6-7,11H2,(H,24,25)/p-1/b15-8-. The molecule has 0 aliphatic carbocycles. The lowest BCUT2D eigenvalue weighted by atomic mass is 9.92. The van der Waals surface area contributed by atoms with Crippen LogP contribution < -0.4 is 14.6 Å². The Morgan fingerprint density at radius 3 is 2.59 bits per heavy atom. The van der Waals surface area contributed by atoms with Gasteiger partial charge in [-0.3, -0.25) is 14.5 Å². The Hall–Kier alpha value is -3.32. The molecule has 2 aliphatic rings. The number of imide groups is 1. The summed E-state index contributed by atoms with van der Waals surface area (Å²) >= 11 is 6.33. The molecule has 0 fully saturated rings. The number of amides is 2. The fourth-order valence-electron chi connectivity index (χ4n) is 3.32. The van der Waals surface area contributed by atoms with E-state index in [2.05, 4.69) is 0 Å². The van der Waals surface area contributed by atoms with Crippen molar-refractivity contribution in [1.82, 2.24) is 4.90 Å². The molecule has 8 heteroatoms. The monoisotopic (exact) mass is 412 g/mol. The first-order valence-electron chi connectivity index (χ1n) is 8.92. The van der Waals surface area contributed by atoms with Gasteiger partial charge in [0.2, 0.25) is 0 Å². The highest BCUT2D eigenvalue weighted by Gasteiger charge is 2.34. The fourth-order valence-corrected chi connectivity index (χ4v) is 3.59. The molecule has 0 spiro atoms. The van der Waals surface area contributed by atoms with Crippen LogP contribution in [0.25, 0.3) is 11.6 Å². The first-order chi connectivity index (χ1) is 14.0. The second-order valence-electron chi connectivity index (χ2n) is 6.55. The molecule has 0 bridgehead atoms. The molecule has 0 unspecified atom stereocenters. The minimum atomic E-state index is -1.52. The van der Waals surface area contributed by atoms with Crippen LogP contribution in [0.4, 0.5) is 0 Å². The molecule has 0 radical (unpaired) electrons. The second kappa shape index (κ2) is 7.60. The molecular weight excluding hydrogens is 398 g/mol. The zero-order valence-corrected chi connectivity index (χ0v) is 15.9. The first-order valence-corrected chi connectivity index (χ1v) is 9.30. The third-order valence-electron chi connectivity index (χ3n) is 4.59. The Morgan fingerprint density at radius 2 is 1.83 bits per heavy atom. The lowest BCUT2D eigenvalue weighted by molar-refractivity contribution is -0.305. The summed E-state index contributed by atoms with van der Waals surface area (Å²) in [5, 5.41) is 11.4. The Balaban J connectivity index is 1.83. The Kier molecular flexibility index (Phi) is 4.98. The van der Waals surface area contributed by atoms with Crippen LogP contribution in [0.2, 0.25) is 5.02 Å². The van der Waals surface area contributed by atoms with Crippen molar-refractivity contribution in [2.75, 3.05) is 19.8 Å². The van der Waals surface area contributed by atoms with Gasteiger partial charge in [0.1, 0.15) is 0 Å². The van der Waals surface area contributed by atoms with Crippen LogP contribution in [0.15, 0.2) is 36.4 Å². The van der Waals surface area contributed by atoms with Crippen LogP contribution in [0.1, 0.15) is 27.9 Å². The van der Waals surface area contributed by atoms with Gasteiger partial charge >= 0.3 is 0 Å². The number of aliphatic carboxylic acids is 1. The zero-order valence-electron chi connectivity index (χ0n) is 15.1. The number of fused-ring (bicyclic) bond motifs is 2. The van der Waals surface area contributed by atoms with E-state index in [9.17, 15) is 19.5 Å². The van der Waals surface area contributed by atoms with Gasteiger partial charge in [0.15, 0.2) is 11.5 Å². The highest BCUT2D eigenvalue weighted by molar-refractivity contribution is 6.35. The SMILES string of the molecule is O=C([O-])CN1C(=O)/C(=C\c2cc(Cl)c3c(c2)OCCCO3)c2ccccc2C1=O. The Labute approximate surface area is 171 Å². The zero-order chi connectivity index (χ0) is 20.5. The van der Waals surface area contributed by atoms with Crippen LogP contribution >= 0.6 is 11.6 Å². The summed E-state index contributed by atoms with van der Waals surface area (Å²) in [6.07, 6.45) is 2.27. The molecule has 4 rings (SSSR count). The largest absolute Gasteiger partial charge is 0.548 e. The van der Waals surface area contributed by atoms with Gasteiger partial charge in [-0.2, -0.15) is 0 Å². The van der Waals surface area contributed by atoms with Crippen LogP contribution in [0, 0.1) is 0 Å². The van der Waals surface area contributed by atoms with E-state index in [0.717, 1.165) is 0 Å². The molecule has 29 heavy (non-hydrogen) atoms. The maximum Gasteiger partial charge on any atom is 0.261 e. The van der Waals surface area contributed by atoms with Crippen LogP contribution in [-0.2, 0) is 9.59 Å². The Bertz CT molecular complexity index is 1060. The minimum Gasteiger partial charge on any atom is -0.548 e. The molecule has 2 aliphatic heterocycles. The van der Waals surface area contributed by atoms with Gasteiger partial charge < -0.3 is 19.4 Å². The molecule has 2 heterocycles. The number of benzene rings is 2. The van der Waals surface area contributed by atoms with Crippen molar-refractivity contribution < 1.29 is 29.0 Å². The summed E-state index contributed by atoms with van der Waals surface area (Å²) in [6, 6.07) is 9.83. The number of carbonyl (C=O) groups excluding carboxylic acids is 3. The van der Waals surface area contributed by atoms with Crippen molar-refractivity contribution in [2.24, 2.45) is 0 Å². The maximum absolute atomic E-state index is 12.9. The molecule has 0 saturated carbocycles. The van der Waals surface area contributed by atoms with Gasteiger partial charge in [-0.05, 0) is 35.4 Å². The van der Waals surface area contributed by atoms with Crippen molar-refractivity contribution >= 4 is 41.0 Å². The molecule has 2 aromatic carbocycles. The summed E-state index contributed by atoms with van der Waals surface area (Å²) in [7, 11) is 0. The number of carbonyl (C=O) groups is 3. The molecular formula is C21H15ClNO6-. The number of carboxylic acids is 1. The third kappa shape index (κ3) is 3.56. The van der Waals surface area contributed by atoms with E-state index in [4.69, 9.17) is 21.1 Å². The number of halogens is 1. The fraction of sp³-hybridized carbons (Fsp3) is 0.190. The van der Waals surface area contributed by atoms with E-state index in [1.165, 1.54) is 0 Å². The number of hydrogen-bond acceptors (Lipinski definition) is 6. The molecule has 0 aromatic heterocycles. The first kappa shape index (κ1) is 19.0. The minimum absolute atomic E-state index is 0.173. The van der Waals surface area contributed by atoms with Crippen molar-refractivity contribution in [3.8, 4) is 11.5 Å². The quantitative estimate of drug-likeness (QED) is 0.563. The predicted molar refractivity (Wildman–Crippen MR) is 102 cm³/mol. The number of carboxylic acid groups (broad SMARTS) is 1. The Morgan fingerprint density at radius 1 is 1.10 bits per heavy atom. The average Bonchev–Trinajstić information content (AvgIpc) is 2.94. The van der Waals surface area contributed by atoms with Crippen molar-refractivity contribution in [1.29, 1.82) is 0 Å². The van der Waals surface area contributed by atoms with Gasteiger partial charge in [0.05, 0.1) is 30.8 Å². The summed E-state index contributed by atoms with van der Waals surface area (Å²) in [5.74, 6) is -2.02. The van der Waals surface area contributed by atoms with E-state index in [0.29, 0.717) is 52.2 Å². The average molecular weight is 413 g/mol. The number of rotatable bonds is 3. The predicted octanol–water partition coefficient (Wildman–Crippen LogP) is 1.77. The van der Waals surface area contributed by atoms with Crippen LogP contribution in [-0.4, -0.2) is 42.4 Å². The van der Waals surface area contributed by atoms with Gasteiger partial charge in [0.25, 0.3) is 11.8 Å². The van der Waals surface area contributed by atoms with Crippen molar-refractivity contribution in [3.05, 3.63) is 58.1 Å². The molecule has 0 atom stereocenters. The molecule has 148 valence electrons. The highest BCUT2D eigenvalue weighted by Crippen LogP contribution is 2.39. The molecule has 0 saturated heterocycles. The van der Waals surface area contributed by atoms with Crippen LogP contribution in [0.3, 0.4) is 0 Å². The number of nitrogens with zero attached hydrogens (tertiary/aromatic N) is 1. The molecule has 0 N–H and O–H groups in total. The number of hydrogen-bond donors (Lipinski definition) is 0. The van der Waals surface area contributed by atoms with E-state index >= 15 is 0 Å². The third-order valence-corrected chi connectivity index (χ3v) is 4.87. The van der Waals surface area contributed by atoms with E-state index < -0.39 is 24.3 Å². The molecule has 2 aromatic rings. The highest BCUT2D eigenvalue weighted by atomic mass is 35.5. The lowest BCUT2D eigenvalue weighted by Crippen LogP contribution is -2.47. The second-order valence-corrected chi connectivity index (χ2v) is 6.96. The van der Waals surface area contributed by atoms with Gasteiger partial charge in [-0.1, -0.05) is 29.8 Å². The van der Waals surface area contributed by atoms with Gasteiger partial charge in [-0.25, -0.2) is 0 Å². The van der Waals surface area contributed by atoms with Gasteiger partial charge in [0, 0.05) is 17.6 Å². The maximum atomic E-state index is 12.9. The van der Waals surface area contributed by atoms with Crippen molar-refractivity contribution in [3.63, 3.8) is 0 Å². The summed E-state index contributed by atoms with van der Waals surface area (Å²) in [6.45, 7) is 0.129. The van der Waals surface area contributed by atoms with E-state index in [1.807, 2.05) is 0 Å². The smallest absolute Gasteiger partial charge is 0.261 e. The van der Waals surface area contributed by atoms with E-state index in [-0.39, 0.29) is 11.1 Å². The topological polar surface area (TPSA) is 96.0 Å².